The average Bonchev–Trinajstić information content (AvgIpc) is 2.84. The van der Waals surface area contributed by atoms with Gasteiger partial charge in [-0.2, -0.15) is 0 Å². The molecule has 1 aromatic rings. The number of aryl methyl sites for hydroxylation is 2. The van der Waals surface area contributed by atoms with E-state index in [9.17, 15) is 0 Å². The summed E-state index contributed by atoms with van der Waals surface area (Å²) in [5, 5.41) is 0. The van der Waals surface area contributed by atoms with Gasteiger partial charge in [-0.25, -0.2) is 0 Å². The van der Waals surface area contributed by atoms with Gasteiger partial charge in [0.15, 0.2) is 0 Å². The van der Waals surface area contributed by atoms with Crippen molar-refractivity contribution in [2.45, 2.75) is 52.6 Å². The van der Waals surface area contributed by atoms with Crippen molar-refractivity contribution in [1.82, 2.24) is 4.90 Å². The summed E-state index contributed by atoms with van der Waals surface area (Å²) < 4.78 is 0. The van der Waals surface area contributed by atoms with Crippen LogP contribution in [0.1, 0.15) is 37.8 Å². The van der Waals surface area contributed by atoms with E-state index in [0.717, 1.165) is 6.04 Å². The number of piperazine rings is 1. The van der Waals surface area contributed by atoms with Crippen molar-refractivity contribution in [3.05, 3.63) is 29.3 Å². The monoisotopic (exact) mass is 272 g/mol. The highest BCUT2D eigenvalue weighted by atomic mass is 15.3. The molecule has 0 spiro atoms. The van der Waals surface area contributed by atoms with Crippen LogP contribution in [0, 0.1) is 19.8 Å². The molecule has 1 aromatic carbocycles. The summed E-state index contributed by atoms with van der Waals surface area (Å²) in [4.78, 5) is 5.43. The molecule has 2 saturated heterocycles. The minimum Gasteiger partial charge on any atom is -0.365 e. The molecular weight excluding hydrogens is 244 g/mol. The molecule has 2 heteroatoms. The summed E-state index contributed by atoms with van der Waals surface area (Å²) in [6.45, 7) is 13.0. The second-order valence-corrected chi connectivity index (χ2v) is 7.04. The predicted molar refractivity (Wildman–Crippen MR) is 86.5 cm³/mol. The third kappa shape index (κ3) is 2.46. The number of rotatable bonds is 2. The van der Waals surface area contributed by atoms with Gasteiger partial charge in [-0.3, -0.25) is 4.90 Å². The number of hydrogen-bond acceptors (Lipinski definition) is 2. The molecule has 2 nitrogen and oxygen atoms in total. The first-order valence-corrected chi connectivity index (χ1v) is 8.14. The Balaban J connectivity index is 1.91. The van der Waals surface area contributed by atoms with E-state index in [-0.39, 0.29) is 0 Å². The molecule has 110 valence electrons. The first kappa shape index (κ1) is 13.9. The van der Waals surface area contributed by atoms with Crippen molar-refractivity contribution in [1.29, 1.82) is 0 Å². The van der Waals surface area contributed by atoms with Crippen LogP contribution in [0.15, 0.2) is 18.2 Å². The second-order valence-electron chi connectivity index (χ2n) is 7.04. The van der Waals surface area contributed by atoms with Crippen molar-refractivity contribution >= 4 is 5.69 Å². The molecule has 20 heavy (non-hydrogen) atoms. The Labute approximate surface area is 123 Å². The van der Waals surface area contributed by atoms with Gasteiger partial charge in [0.25, 0.3) is 0 Å². The van der Waals surface area contributed by atoms with Gasteiger partial charge >= 0.3 is 0 Å². The van der Waals surface area contributed by atoms with Crippen molar-refractivity contribution in [3.63, 3.8) is 0 Å². The van der Waals surface area contributed by atoms with Crippen molar-refractivity contribution < 1.29 is 0 Å². The van der Waals surface area contributed by atoms with Gasteiger partial charge in [-0.1, -0.05) is 31.5 Å². The highest BCUT2D eigenvalue weighted by Crippen LogP contribution is 2.33. The standard InChI is InChI=1S/C18H28N2/c1-13(2)18-12-19-9-5-6-16(19)11-20(18)17-8-7-14(3)10-15(17)4/h7-8,10,13,16,18H,5-6,9,11-12H2,1-4H3. The number of hydrogen-bond donors (Lipinski definition) is 0. The average molecular weight is 272 g/mol. The fourth-order valence-corrected chi connectivity index (χ4v) is 4.02. The second kappa shape index (κ2) is 5.40. The molecule has 0 radical (unpaired) electrons. The van der Waals surface area contributed by atoms with Crippen LogP contribution in [0.4, 0.5) is 5.69 Å². The number of fused-ring (bicyclic) bond motifs is 1. The maximum Gasteiger partial charge on any atom is 0.0440 e. The Morgan fingerprint density at radius 1 is 1.15 bits per heavy atom. The van der Waals surface area contributed by atoms with Crippen LogP contribution in [0.25, 0.3) is 0 Å². The zero-order valence-corrected chi connectivity index (χ0v) is 13.4. The fraction of sp³-hybridized carbons (Fsp3) is 0.667. The molecule has 3 rings (SSSR count). The maximum absolute atomic E-state index is 2.73. The zero-order chi connectivity index (χ0) is 14.3. The van der Waals surface area contributed by atoms with E-state index in [1.54, 1.807) is 0 Å². The van der Waals surface area contributed by atoms with E-state index in [1.807, 2.05) is 0 Å². The first-order chi connectivity index (χ1) is 9.56. The molecule has 0 saturated carbocycles. The molecule has 2 aliphatic heterocycles. The lowest BCUT2D eigenvalue weighted by Gasteiger charge is -2.47. The van der Waals surface area contributed by atoms with Gasteiger partial charge in [0.1, 0.15) is 0 Å². The summed E-state index contributed by atoms with van der Waals surface area (Å²) in [5.41, 5.74) is 4.26. The number of nitrogens with zero attached hydrogens (tertiary/aromatic N) is 2. The smallest absolute Gasteiger partial charge is 0.0440 e. The van der Waals surface area contributed by atoms with Gasteiger partial charge in [-0.15, -0.1) is 0 Å². The molecule has 2 atom stereocenters. The maximum atomic E-state index is 2.73. The summed E-state index contributed by atoms with van der Waals surface area (Å²) >= 11 is 0. The van der Waals surface area contributed by atoms with Crippen LogP contribution < -0.4 is 4.90 Å². The van der Waals surface area contributed by atoms with Crippen LogP contribution in [-0.4, -0.2) is 36.6 Å². The Bertz CT molecular complexity index is 480. The van der Waals surface area contributed by atoms with Crippen molar-refractivity contribution in [2.24, 2.45) is 5.92 Å². The van der Waals surface area contributed by atoms with E-state index in [0.29, 0.717) is 12.0 Å². The topological polar surface area (TPSA) is 6.48 Å². The molecular formula is C18H28N2. The minimum atomic E-state index is 0.658. The highest BCUT2D eigenvalue weighted by molar-refractivity contribution is 5.56. The predicted octanol–water partition coefficient (Wildman–Crippen LogP) is 3.61. The number of benzene rings is 1. The fourth-order valence-electron chi connectivity index (χ4n) is 4.02. The summed E-state index contributed by atoms with van der Waals surface area (Å²) in [5.74, 6) is 0.706. The Morgan fingerprint density at radius 3 is 2.65 bits per heavy atom. The zero-order valence-electron chi connectivity index (χ0n) is 13.4. The third-order valence-corrected chi connectivity index (χ3v) is 5.16. The molecule has 0 bridgehead atoms. The highest BCUT2D eigenvalue weighted by Gasteiger charge is 2.37. The van der Waals surface area contributed by atoms with E-state index in [2.05, 4.69) is 55.7 Å². The van der Waals surface area contributed by atoms with E-state index in [4.69, 9.17) is 0 Å². The molecule has 0 aliphatic carbocycles. The van der Waals surface area contributed by atoms with Crippen LogP contribution in [0.5, 0.6) is 0 Å². The summed E-state index contributed by atoms with van der Waals surface area (Å²) in [6, 6.07) is 8.37. The molecule has 2 heterocycles. The largest absolute Gasteiger partial charge is 0.365 e. The molecule has 0 aromatic heterocycles. The van der Waals surface area contributed by atoms with Gasteiger partial charge in [0.2, 0.25) is 0 Å². The molecule has 0 N–H and O–H groups in total. The van der Waals surface area contributed by atoms with Crippen LogP contribution in [-0.2, 0) is 0 Å². The molecule has 2 aliphatic rings. The Hall–Kier alpha value is -1.02. The van der Waals surface area contributed by atoms with E-state index in [1.165, 1.54) is 49.3 Å². The van der Waals surface area contributed by atoms with Crippen molar-refractivity contribution in [2.75, 3.05) is 24.5 Å². The van der Waals surface area contributed by atoms with Gasteiger partial charge in [-0.05, 0) is 50.8 Å². The summed E-state index contributed by atoms with van der Waals surface area (Å²) in [6.07, 6.45) is 2.77. The van der Waals surface area contributed by atoms with Crippen LogP contribution >= 0.6 is 0 Å². The first-order valence-electron chi connectivity index (χ1n) is 8.14. The van der Waals surface area contributed by atoms with Crippen LogP contribution in [0.2, 0.25) is 0 Å². The van der Waals surface area contributed by atoms with E-state index < -0.39 is 0 Å². The Kier molecular flexibility index (Phi) is 3.76. The van der Waals surface area contributed by atoms with Gasteiger partial charge in [0.05, 0.1) is 0 Å². The van der Waals surface area contributed by atoms with Gasteiger partial charge < -0.3 is 4.90 Å². The van der Waals surface area contributed by atoms with Crippen LogP contribution in [0.3, 0.4) is 0 Å². The SMILES string of the molecule is Cc1ccc(N2CC3CCCN3CC2C(C)C)c(C)c1. The Morgan fingerprint density at radius 2 is 1.95 bits per heavy atom. The third-order valence-electron chi connectivity index (χ3n) is 5.16. The van der Waals surface area contributed by atoms with Gasteiger partial charge in [0, 0.05) is 30.9 Å². The van der Waals surface area contributed by atoms with Crippen molar-refractivity contribution in [3.8, 4) is 0 Å². The molecule has 2 unspecified atom stereocenters. The quantitative estimate of drug-likeness (QED) is 0.811. The normalized spacial score (nSPS) is 27.1. The lowest BCUT2D eigenvalue weighted by Crippen LogP contribution is -2.58. The van der Waals surface area contributed by atoms with E-state index >= 15 is 0 Å². The summed E-state index contributed by atoms with van der Waals surface area (Å²) in [7, 11) is 0. The molecule has 2 fully saturated rings. The minimum absolute atomic E-state index is 0.658. The number of anilines is 1. The molecule has 0 amide bonds. The lowest BCUT2D eigenvalue weighted by molar-refractivity contribution is 0.176. The lowest BCUT2D eigenvalue weighted by atomic mass is 9.95.